The molecule has 1 aromatic heterocycles. The third-order valence-corrected chi connectivity index (χ3v) is 2.77. The number of nitrogens with two attached hydrogens (primary N) is 1. The number of benzene rings is 1. The molecule has 4 heteroatoms. The highest BCUT2D eigenvalue weighted by atomic mass is 16.5. The molecule has 100 valence electrons. The Balaban J connectivity index is 2.14. The van der Waals surface area contributed by atoms with Crippen LogP contribution < -0.4 is 10.5 Å². The molecule has 0 spiro atoms. The molecule has 0 aliphatic carbocycles. The summed E-state index contributed by atoms with van der Waals surface area (Å²) in [5.74, 6) is 2.38. The molecule has 1 aromatic carbocycles. The predicted octanol–water partition coefficient (Wildman–Crippen LogP) is 3.37. The number of nitrogen functional groups attached to an aromatic ring is 1. The third kappa shape index (κ3) is 3.68. The van der Waals surface area contributed by atoms with Crippen molar-refractivity contribution in [1.82, 2.24) is 9.97 Å². The van der Waals surface area contributed by atoms with Crippen LogP contribution in [0.4, 0.5) is 5.82 Å². The van der Waals surface area contributed by atoms with E-state index in [-0.39, 0.29) is 0 Å². The first-order valence-corrected chi connectivity index (χ1v) is 6.61. The SMILES string of the molecule is CCCc1ccc(Oc2cc(N)nc(CC)n2)cc1. The van der Waals surface area contributed by atoms with Crippen molar-refractivity contribution in [2.45, 2.75) is 33.1 Å². The van der Waals surface area contributed by atoms with Crippen LogP contribution >= 0.6 is 0 Å². The molecule has 2 N–H and O–H groups in total. The Morgan fingerprint density at radius 2 is 1.84 bits per heavy atom. The second-order valence-electron chi connectivity index (χ2n) is 4.40. The van der Waals surface area contributed by atoms with Crippen LogP contribution in [-0.4, -0.2) is 9.97 Å². The van der Waals surface area contributed by atoms with Crippen molar-refractivity contribution < 1.29 is 4.74 Å². The molecule has 1 heterocycles. The Labute approximate surface area is 113 Å². The van der Waals surface area contributed by atoms with Gasteiger partial charge < -0.3 is 10.5 Å². The Morgan fingerprint density at radius 3 is 2.47 bits per heavy atom. The number of anilines is 1. The van der Waals surface area contributed by atoms with E-state index in [9.17, 15) is 0 Å². The summed E-state index contributed by atoms with van der Waals surface area (Å²) in [5.41, 5.74) is 7.03. The maximum absolute atomic E-state index is 5.72. The smallest absolute Gasteiger partial charge is 0.224 e. The second-order valence-corrected chi connectivity index (χ2v) is 4.40. The average Bonchev–Trinajstić information content (AvgIpc) is 2.40. The lowest BCUT2D eigenvalue weighted by Crippen LogP contribution is -2.00. The van der Waals surface area contributed by atoms with Crippen molar-refractivity contribution in [1.29, 1.82) is 0 Å². The van der Waals surface area contributed by atoms with Crippen LogP contribution in [0.2, 0.25) is 0 Å². The van der Waals surface area contributed by atoms with Crippen molar-refractivity contribution in [3.63, 3.8) is 0 Å². The van der Waals surface area contributed by atoms with Gasteiger partial charge in [0.25, 0.3) is 0 Å². The van der Waals surface area contributed by atoms with Crippen LogP contribution in [0.3, 0.4) is 0 Å². The van der Waals surface area contributed by atoms with Crippen LogP contribution in [-0.2, 0) is 12.8 Å². The zero-order valence-electron chi connectivity index (χ0n) is 11.4. The van der Waals surface area contributed by atoms with Gasteiger partial charge in [0, 0.05) is 12.5 Å². The van der Waals surface area contributed by atoms with Gasteiger partial charge in [-0.25, -0.2) is 4.98 Å². The fourth-order valence-corrected chi connectivity index (χ4v) is 1.84. The first-order chi connectivity index (χ1) is 9.21. The minimum absolute atomic E-state index is 0.435. The van der Waals surface area contributed by atoms with Gasteiger partial charge in [-0.15, -0.1) is 0 Å². The molecule has 0 aliphatic rings. The van der Waals surface area contributed by atoms with Crippen molar-refractivity contribution in [3.05, 3.63) is 41.7 Å². The van der Waals surface area contributed by atoms with Gasteiger partial charge in [0.2, 0.25) is 5.88 Å². The fourth-order valence-electron chi connectivity index (χ4n) is 1.84. The quantitative estimate of drug-likeness (QED) is 0.892. The molecule has 4 nitrogen and oxygen atoms in total. The zero-order valence-corrected chi connectivity index (χ0v) is 11.4. The summed E-state index contributed by atoms with van der Waals surface area (Å²) in [4.78, 5) is 8.41. The highest BCUT2D eigenvalue weighted by Crippen LogP contribution is 2.21. The summed E-state index contributed by atoms with van der Waals surface area (Å²) >= 11 is 0. The summed E-state index contributed by atoms with van der Waals surface area (Å²) in [6.45, 7) is 4.15. The number of aryl methyl sites for hydroxylation is 2. The summed E-state index contributed by atoms with van der Waals surface area (Å²) in [6.07, 6.45) is 2.96. The van der Waals surface area contributed by atoms with Gasteiger partial charge in [0.1, 0.15) is 17.4 Å². The highest BCUT2D eigenvalue weighted by molar-refractivity contribution is 5.36. The lowest BCUT2D eigenvalue weighted by molar-refractivity contribution is 0.459. The van der Waals surface area contributed by atoms with E-state index in [0.717, 1.165) is 25.0 Å². The number of hydrogen-bond donors (Lipinski definition) is 1. The van der Waals surface area contributed by atoms with Gasteiger partial charge in [0.05, 0.1) is 0 Å². The van der Waals surface area contributed by atoms with Crippen LogP contribution in [0, 0.1) is 0 Å². The summed E-state index contributed by atoms with van der Waals surface area (Å²) in [5, 5.41) is 0. The van der Waals surface area contributed by atoms with Gasteiger partial charge in [-0.1, -0.05) is 32.4 Å². The van der Waals surface area contributed by atoms with Gasteiger partial charge in [-0.2, -0.15) is 4.98 Å². The maximum atomic E-state index is 5.72. The molecule has 0 radical (unpaired) electrons. The normalized spacial score (nSPS) is 10.4. The van der Waals surface area contributed by atoms with E-state index < -0.39 is 0 Å². The molecule has 0 amide bonds. The van der Waals surface area contributed by atoms with Gasteiger partial charge >= 0.3 is 0 Å². The summed E-state index contributed by atoms with van der Waals surface area (Å²) in [6, 6.07) is 9.69. The van der Waals surface area contributed by atoms with E-state index >= 15 is 0 Å². The molecule has 0 bridgehead atoms. The molecule has 0 fully saturated rings. The number of ether oxygens (including phenoxy) is 1. The monoisotopic (exact) mass is 257 g/mol. The molecule has 2 aromatic rings. The number of nitrogens with zero attached hydrogens (tertiary/aromatic N) is 2. The van der Waals surface area contributed by atoms with E-state index in [4.69, 9.17) is 10.5 Å². The maximum Gasteiger partial charge on any atom is 0.224 e. The Hall–Kier alpha value is -2.10. The molecular formula is C15H19N3O. The Morgan fingerprint density at radius 1 is 1.11 bits per heavy atom. The predicted molar refractivity (Wildman–Crippen MR) is 76.3 cm³/mol. The fraction of sp³-hybridized carbons (Fsp3) is 0.333. The molecule has 19 heavy (non-hydrogen) atoms. The van der Waals surface area contributed by atoms with Crippen LogP contribution in [0.5, 0.6) is 11.6 Å². The number of aromatic nitrogens is 2. The Kier molecular flexibility index (Phi) is 4.34. The van der Waals surface area contributed by atoms with Crippen LogP contribution in [0.25, 0.3) is 0 Å². The molecule has 0 saturated heterocycles. The van der Waals surface area contributed by atoms with Crippen LogP contribution in [0.15, 0.2) is 30.3 Å². The molecule has 0 aliphatic heterocycles. The standard InChI is InChI=1S/C15H19N3O/c1-3-5-11-6-8-12(9-7-11)19-15-10-13(16)17-14(4-2)18-15/h6-10H,3-5H2,1-2H3,(H2,16,17,18). The van der Waals surface area contributed by atoms with E-state index in [1.165, 1.54) is 5.56 Å². The Bertz CT molecular complexity index is 538. The summed E-state index contributed by atoms with van der Waals surface area (Å²) < 4.78 is 5.70. The first-order valence-electron chi connectivity index (χ1n) is 6.61. The molecular weight excluding hydrogens is 238 g/mol. The minimum Gasteiger partial charge on any atom is -0.439 e. The van der Waals surface area contributed by atoms with Crippen molar-refractivity contribution in [3.8, 4) is 11.6 Å². The first kappa shape index (κ1) is 13.3. The molecule has 0 unspecified atom stereocenters. The largest absolute Gasteiger partial charge is 0.439 e. The molecule has 0 atom stereocenters. The number of hydrogen-bond acceptors (Lipinski definition) is 4. The van der Waals surface area contributed by atoms with Gasteiger partial charge in [-0.05, 0) is 24.1 Å². The minimum atomic E-state index is 0.435. The van der Waals surface area contributed by atoms with Gasteiger partial charge in [-0.3, -0.25) is 0 Å². The van der Waals surface area contributed by atoms with E-state index in [2.05, 4.69) is 29.0 Å². The van der Waals surface area contributed by atoms with E-state index in [0.29, 0.717) is 17.5 Å². The van der Waals surface area contributed by atoms with Gasteiger partial charge in [0.15, 0.2) is 0 Å². The van der Waals surface area contributed by atoms with E-state index in [1.54, 1.807) is 6.07 Å². The topological polar surface area (TPSA) is 61.0 Å². The average molecular weight is 257 g/mol. The lowest BCUT2D eigenvalue weighted by atomic mass is 10.1. The van der Waals surface area contributed by atoms with E-state index in [1.807, 2.05) is 19.1 Å². The second kappa shape index (κ2) is 6.18. The lowest BCUT2D eigenvalue weighted by Gasteiger charge is -2.07. The molecule has 0 saturated carbocycles. The highest BCUT2D eigenvalue weighted by Gasteiger charge is 2.04. The van der Waals surface area contributed by atoms with Crippen molar-refractivity contribution >= 4 is 5.82 Å². The van der Waals surface area contributed by atoms with Crippen molar-refractivity contribution in [2.24, 2.45) is 0 Å². The van der Waals surface area contributed by atoms with Crippen molar-refractivity contribution in [2.75, 3.05) is 5.73 Å². The molecule has 2 rings (SSSR count). The third-order valence-electron chi connectivity index (χ3n) is 2.77. The van der Waals surface area contributed by atoms with Crippen LogP contribution in [0.1, 0.15) is 31.7 Å². The number of rotatable bonds is 5. The summed E-state index contributed by atoms with van der Waals surface area (Å²) in [7, 11) is 0. The zero-order chi connectivity index (χ0) is 13.7.